The number of hydrogen-bond acceptors (Lipinski definition) is 3. The van der Waals surface area contributed by atoms with Crippen molar-refractivity contribution in [1.29, 1.82) is 0 Å². The van der Waals surface area contributed by atoms with Gasteiger partial charge in [-0.05, 0) is 24.0 Å². The lowest BCUT2D eigenvalue weighted by Crippen LogP contribution is -2.34. The van der Waals surface area contributed by atoms with Crippen molar-refractivity contribution < 1.29 is 14.7 Å². The second-order valence-electron chi connectivity index (χ2n) is 4.56. The first-order chi connectivity index (χ1) is 8.70. The normalized spacial score (nSPS) is 16.8. The maximum Gasteiger partial charge on any atom is 0.229 e. The van der Waals surface area contributed by atoms with Gasteiger partial charge in [0.05, 0.1) is 13.2 Å². The molecule has 1 aliphatic rings. The highest BCUT2D eigenvalue weighted by molar-refractivity contribution is 5.95. The maximum atomic E-state index is 11.8. The van der Waals surface area contributed by atoms with E-state index in [0.717, 1.165) is 24.0 Å². The molecule has 2 rings (SSSR count). The first-order valence-corrected chi connectivity index (χ1v) is 6.22. The van der Waals surface area contributed by atoms with Gasteiger partial charge >= 0.3 is 0 Å². The Hall–Kier alpha value is -1.68. The molecule has 1 aromatic rings. The van der Waals surface area contributed by atoms with Crippen LogP contribution in [0.3, 0.4) is 0 Å². The Labute approximate surface area is 106 Å². The highest BCUT2D eigenvalue weighted by Crippen LogP contribution is 2.16. The number of aliphatic hydroxyl groups excluding tert-OH is 1. The Morgan fingerprint density at radius 3 is 2.28 bits per heavy atom. The number of amides is 2. The van der Waals surface area contributed by atoms with Crippen LogP contribution in [0.4, 0.5) is 0 Å². The zero-order chi connectivity index (χ0) is 13.0. The number of carbonyl (C=O) groups is 2. The summed E-state index contributed by atoms with van der Waals surface area (Å²) in [6, 6.07) is 7.33. The van der Waals surface area contributed by atoms with Crippen molar-refractivity contribution in [2.24, 2.45) is 0 Å². The second kappa shape index (κ2) is 5.78. The fourth-order valence-corrected chi connectivity index (χ4v) is 2.15. The zero-order valence-corrected chi connectivity index (χ0v) is 10.3. The lowest BCUT2D eigenvalue weighted by molar-refractivity contribution is -0.144. The van der Waals surface area contributed by atoms with Gasteiger partial charge < -0.3 is 5.11 Å². The summed E-state index contributed by atoms with van der Waals surface area (Å²) >= 11 is 0. The molecule has 1 heterocycles. The molecule has 0 unspecified atom stereocenters. The first-order valence-electron chi connectivity index (χ1n) is 6.22. The number of imide groups is 1. The van der Waals surface area contributed by atoms with Crippen molar-refractivity contribution in [3.63, 3.8) is 0 Å². The molecule has 0 atom stereocenters. The van der Waals surface area contributed by atoms with E-state index in [2.05, 4.69) is 0 Å². The van der Waals surface area contributed by atoms with Gasteiger partial charge in [-0.3, -0.25) is 14.5 Å². The smallest absolute Gasteiger partial charge is 0.229 e. The minimum absolute atomic E-state index is 0.0320. The lowest BCUT2D eigenvalue weighted by Gasteiger charge is -2.19. The van der Waals surface area contributed by atoms with E-state index in [1.165, 1.54) is 4.90 Å². The largest absolute Gasteiger partial charge is 0.392 e. The Morgan fingerprint density at radius 2 is 1.67 bits per heavy atom. The molecule has 0 aliphatic carbocycles. The Bertz CT molecular complexity index is 438. The van der Waals surface area contributed by atoms with Gasteiger partial charge in [-0.25, -0.2) is 0 Å². The van der Waals surface area contributed by atoms with Crippen LogP contribution >= 0.6 is 0 Å². The number of nitrogens with zero attached hydrogens (tertiary/aromatic N) is 1. The summed E-state index contributed by atoms with van der Waals surface area (Å²) < 4.78 is 0. The number of aliphatic hydroxyl groups is 1. The van der Waals surface area contributed by atoms with Crippen LogP contribution in [0.1, 0.15) is 36.8 Å². The molecule has 4 heteroatoms. The Morgan fingerprint density at radius 1 is 1.06 bits per heavy atom. The van der Waals surface area contributed by atoms with Gasteiger partial charge in [0.1, 0.15) is 0 Å². The van der Waals surface area contributed by atoms with E-state index < -0.39 is 0 Å². The third-order valence-corrected chi connectivity index (χ3v) is 3.15. The van der Waals surface area contributed by atoms with Crippen molar-refractivity contribution in [3.8, 4) is 0 Å². The van der Waals surface area contributed by atoms with E-state index in [1.807, 2.05) is 24.3 Å². The number of benzene rings is 1. The summed E-state index contributed by atoms with van der Waals surface area (Å²) in [5, 5.41) is 9.07. The van der Waals surface area contributed by atoms with Gasteiger partial charge in [0, 0.05) is 12.8 Å². The molecule has 1 saturated heterocycles. The van der Waals surface area contributed by atoms with Crippen molar-refractivity contribution in [3.05, 3.63) is 35.4 Å². The fourth-order valence-electron chi connectivity index (χ4n) is 2.15. The van der Waals surface area contributed by atoms with Crippen LogP contribution in [-0.2, 0) is 22.7 Å². The molecular formula is C14H17NO3. The molecule has 18 heavy (non-hydrogen) atoms. The highest BCUT2D eigenvalue weighted by atomic mass is 16.3. The molecule has 0 bridgehead atoms. The van der Waals surface area contributed by atoms with Crippen molar-refractivity contribution in [1.82, 2.24) is 4.90 Å². The average molecular weight is 247 g/mol. The van der Waals surface area contributed by atoms with E-state index >= 15 is 0 Å². The Kier molecular flexibility index (Phi) is 4.10. The molecular weight excluding hydrogens is 230 g/mol. The minimum Gasteiger partial charge on any atom is -0.392 e. The number of rotatable bonds is 3. The number of hydrogen-bond donors (Lipinski definition) is 1. The van der Waals surface area contributed by atoms with Gasteiger partial charge in [-0.2, -0.15) is 0 Å². The topological polar surface area (TPSA) is 57.6 Å². The van der Waals surface area contributed by atoms with Crippen molar-refractivity contribution in [2.45, 2.75) is 38.8 Å². The summed E-state index contributed by atoms with van der Waals surface area (Å²) in [6.45, 7) is 0.279. The Balaban J connectivity index is 2.14. The molecule has 0 spiro atoms. The van der Waals surface area contributed by atoms with Gasteiger partial charge in [0.2, 0.25) is 11.8 Å². The quantitative estimate of drug-likeness (QED) is 0.825. The van der Waals surface area contributed by atoms with E-state index in [9.17, 15) is 9.59 Å². The molecule has 0 saturated carbocycles. The van der Waals surface area contributed by atoms with Crippen LogP contribution in [0, 0.1) is 0 Å². The van der Waals surface area contributed by atoms with Crippen LogP contribution in [0.2, 0.25) is 0 Å². The maximum absolute atomic E-state index is 11.8. The average Bonchev–Trinajstić information content (AvgIpc) is 2.54. The van der Waals surface area contributed by atoms with E-state index in [1.54, 1.807) is 0 Å². The summed E-state index contributed by atoms with van der Waals surface area (Å²) in [5.74, 6) is -0.182. The second-order valence-corrected chi connectivity index (χ2v) is 4.56. The first kappa shape index (κ1) is 12.8. The van der Waals surface area contributed by atoms with Crippen molar-refractivity contribution >= 4 is 11.8 Å². The monoisotopic (exact) mass is 247 g/mol. The van der Waals surface area contributed by atoms with Gasteiger partial charge in [0.15, 0.2) is 0 Å². The van der Waals surface area contributed by atoms with Crippen LogP contribution in [0.5, 0.6) is 0 Å². The van der Waals surface area contributed by atoms with E-state index in [-0.39, 0.29) is 18.4 Å². The minimum atomic E-state index is -0.0908. The molecule has 96 valence electrons. The summed E-state index contributed by atoms with van der Waals surface area (Å²) in [5.41, 5.74) is 1.67. The van der Waals surface area contributed by atoms with Crippen LogP contribution in [-0.4, -0.2) is 21.8 Å². The van der Waals surface area contributed by atoms with Gasteiger partial charge in [-0.15, -0.1) is 0 Å². The molecule has 1 fully saturated rings. The molecule has 2 amide bonds. The fraction of sp³-hybridized carbons (Fsp3) is 0.429. The van der Waals surface area contributed by atoms with Crippen LogP contribution < -0.4 is 0 Å². The molecule has 0 aromatic heterocycles. The third-order valence-electron chi connectivity index (χ3n) is 3.15. The van der Waals surface area contributed by atoms with E-state index in [0.29, 0.717) is 19.4 Å². The molecule has 4 nitrogen and oxygen atoms in total. The predicted molar refractivity (Wildman–Crippen MR) is 66.4 cm³/mol. The predicted octanol–water partition coefficient (Wildman–Crippen LogP) is 1.61. The van der Waals surface area contributed by atoms with Crippen molar-refractivity contribution in [2.75, 3.05) is 0 Å². The summed E-state index contributed by atoms with van der Waals surface area (Å²) in [7, 11) is 0. The SMILES string of the molecule is O=C1CCCCC(=O)N1Cc1cccc(CO)c1. The molecule has 1 N–H and O–H groups in total. The summed E-state index contributed by atoms with van der Waals surface area (Å²) in [4.78, 5) is 25.0. The molecule has 1 aromatic carbocycles. The van der Waals surface area contributed by atoms with Gasteiger partial charge in [0.25, 0.3) is 0 Å². The standard InChI is InChI=1S/C14H17NO3/c16-10-12-5-3-4-11(8-12)9-15-13(17)6-1-2-7-14(15)18/h3-5,8,16H,1-2,6-7,9-10H2. The number of likely N-dealkylation sites (tertiary alicyclic amines) is 1. The lowest BCUT2D eigenvalue weighted by atomic mass is 10.1. The molecule has 1 aliphatic heterocycles. The zero-order valence-electron chi connectivity index (χ0n) is 10.3. The highest BCUT2D eigenvalue weighted by Gasteiger charge is 2.23. The summed E-state index contributed by atoms with van der Waals surface area (Å²) in [6.07, 6.45) is 2.48. The van der Waals surface area contributed by atoms with Gasteiger partial charge in [-0.1, -0.05) is 24.3 Å². The molecule has 0 radical (unpaired) electrons. The number of carbonyl (C=O) groups excluding carboxylic acids is 2. The van der Waals surface area contributed by atoms with Crippen LogP contribution in [0.25, 0.3) is 0 Å². The third kappa shape index (κ3) is 2.96. The van der Waals surface area contributed by atoms with E-state index in [4.69, 9.17) is 5.11 Å². The van der Waals surface area contributed by atoms with Crippen LogP contribution in [0.15, 0.2) is 24.3 Å².